The molecule has 20 heavy (non-hydrogen) atoms. The van der Waals surface area contributed by atoms with Crippen molar-refractivity contribution in [1.82, 2.24) is 4.90 Å². The fourth-order valence-electron chi connectivity index (χ4n) is 1.91. The van der Waals surface area contributed by atoms with Gasteiger partial charge in [-0.2, -0.15) is 0 Å². The molecule has 0 aliphatic rings. The van der Waals surface area contributed by atoms with Crippen molar-refractivity contribution in [2.24, 2.45) is 5.73 Å². The van der Waals surface area contributed by atoms with Gasteiger partial charge in [-0.05, 0) is 38.0 Å². The maximum Gasteiger partial charge on any atom is 0.222 e. The van der Waals surface area contributed by atoms with Crippen LogP contribution in [0.3, 0.4) is 0 Å². The van der Waals surface area contributed by atoms with Crippen LogP contribution in [0, 0.1) is 0 Å². The number of benzene rings is 1. The SMILES string of the molecule is CC(N)CCC(=O)N(C)C(C)c1ccc(S(C)=O)cc1. The second-order valence-electron chi connectivity index (χ2n) is 5.22. The summed E-state index contributed by atoms with van der Waals surface area (Å²) < 4.78 is 11.4. The molecule has 0 saturated heterocycles. The zero-order chi connectivity index (χ0) is 15.3. The van der Waals surface area contributed by atoms with Gasteiger partial charge in [0, 0.05) is 41.5 Å². The highest BCUT2D eigenvalue weighted by molar-refractivity contribution is 7.84. The van der Waals surface area contributed by atoms with Gasteiger partial charge in [-0.1, -0.05) is 12.1 Å². The lowest BCUT2D eigenvalue weighted by Crippen LogP contribution is -2.30. The van der Waals surface area contributed by atoms with Crippen LogP contribution in [-0.4, -0.2) is 34.4 Å². The Kier molecular flexibility index (Phi) is 6.36. The van der Waals surface area contributed by atoms with E-state index >= 15 is 0 Å². The molecule has 0 aliphatic heterocycles. The van der Waals surface area contributed by atoms with E-state index in [9.17, 15) is 9.00 Å². The van der Waals surface area contributed by atoms with Gasteiger partial charge in [-0.15, -0.1) is 0 Å². The Morgan fingerprint density at radius 3 is 2.30 bits per heavy atom. The van der Waals surface area contributed by atoms with Gasteiger partial charge in [0.15, 0.2) is 0 Å². The lowest BCUT2D eigenvalue weighted by Gasteiger charge is -2.26. The van der Waals surface area contributed by atoms with Crippen molar-refractivity contribution in [1.29, 1.82) is 0 Å². The van der Waals surface area contributed by atoms with Crippen molar-refractivity contribution in [3.63, 3.8) is 0 Å². The van der Waals surface area contributed by atoms with E-state index in [0.717, 1.165) is 10.5 Å². The van der Waals surface area contributed by atoms with Crippen molar-refractivity contribution in [3.8, 4) is 0 Å². The summed E-state index contributed by atoms with van der Waals surface area (Å²) in [5.74, 6) is 0.0953. The van der Waals surface area contributed by atoms with E-state index < -0.39 is 10.8 Å². The molecule has 0 heterocycles. The fourth-order valence-corrected chi connectivity index (χ4v) is 2.42. The Hall–Kier alpha value is -1.20. The van der Waals surface area contributed by atoms with Crippen LogP contribution in [0.2, 0.25) is 0 Å². The van der Waals surface area contributed by atoms with E-state index in [-0.39, 0.29) is 18.0 Å². The first-order valence-electron chi connectivity index (χ1n) is 6.77. The van der Waals surface area contributed by atoms with E-state index in [0.29, 0.717) is 12.8 Å². The molecule has 3 unspecified atom stereocenters. The standard InChI is InChI=1S/C15H24N2O2S/c1-11(16)5-10-15(18)17(3)12(2)13-6-8-14(9-7-13)20(4)19/h6-9,11-12H,5,10,16H2,1-4H3. The first kappa shape index (κ1) is 16.9. The molecule has 112 valence electrons. The van der Waals surface area contributed by atoms with Crippen LogP contribution >= 0.6 is 0 Å². The molecule has 3 atom stereocenters. The van der Waals surface area contributed by atoms with Crippen molar-refractivity contribution in [3.05, 3.63) is 29.8 Å². The van der Waals surface area contributed by atoms with Gasteiger partial charge in [-0.3, -0.25) is 9.00 Å². The molecule has 0 aromatic heterocycles. The Bertz CT molecular complexity index is 471. The van der Waals surface area contributed by atoms with Crippen molar-refractivity contribution in [2.45, 2.75) is 43.7 Å². The summed E-state index contributed by atoms with van der Waals surface area (Å²) >= 11 is 0. The number of carbonyl (C=O) groups is 1. The van der Waals surface area contributed by atoms with E-state index in [4.69, 9.17) is 5.73 Å². The minimum atomic E-state index is -0.973. The van der Waals surface area contributed by atoms with Crippen LogP contribution in [-0.2, 0) is 15.6 Å². The lowest BCUT2D eigenvalue weighted by atomic mass is 10.1. The second kappa shape index (κ2) is 7.55. The van der Waals surface area contributed by atoms with Gasteiger partial charge in [0.05, 0.1) is 6.04 Å². The summed E-state index contributed by atoms with van der Waals surface area (Å²) in [4.78, 5) is 14.6. The molecule has 5 heteroatoms. The summed E-state index contributed by atoms with van der Waals surface area (Å²) in [6, 6.07) is 7.59. The van der Waals surface area contributed by atoms with Gasteiger partial charge < -0.3 is 10.6 Å². The zero-order valence-electron chi connectivity index (χ0n) is 12.6. The number of nitrogens with two attached hydrogens (primary N) is 1. The Morgan fingerprint density at radius 2 is 1.85 bits per heavy atom. The molecular formula is C15H24N2O2S. The number of carbonyl (C=O) groups excluding carboxylic acids is 1. The molecule has 0 fully saturated rings. The maximum atomic E-state index is 12.1. The Labute approximate surface area is 123 Å². The summed E-state index contributed by atoms with van der Waals surface area (Å²) in [6.07, 6.45) is 2.82. The van der Waals surface area contributed by atoms with E-state index in [1.54, 1.807) is 18.2 Å². The molecule has 4 nitrogen and oxygen atoms in total. The van der Waals surface area contributed by atoms with Crippen molar-refractivity contribution in [2.75, 3.05) is 13.3 Å². The van der Waals surface area contributed by atoms with Gasteiger partial charge in [-0.25, -0.2) is 0 Å². The quantitative estimate of drug-likeness (QED) is 0.874. The zero-order valence-corrected chi connectivity index (χ0v) is 13.4. The molecule has 1 aromatic carbocycles. The topological polar surface area (TPSA) is 63.4 Å². The predicted octanol–water partition coefficient (Wildman–Crippen LogP) is 2.07. The number of hydrogen-bond acceptors (Lipinski definition) is 3. The van der Waals surface area contributed by atoms with E-state index in [2.05, 4.69) is 0 Å². The summed E-state index contributed by atoms with van der Waals surface area (Å²) in [6.45, 7) is 3.89. The number of amides is 1. The van der Waals surface area contributed by atoms with Crippen LogP contribution in [0.15, 0.2) is 29.2 Å². The monoisotopic (exact) mass is 296 g/mol. The van der Waals surface area contributed by atoms with Crippen molar-refractivity contribution < 1.29 is 9.00 Å². The molecular weight excluding hydrogens is 272 g/mol. The molecule has 0 aliphatic carbocycles. The third-order valence-electron chi connectivity index (χ3n) is 3.48. The summed E-state index contributed by atoms with van der Waals surface area (Å²) in [5, 5.41) is 0. The van der Waals surface area contributed by atoms with Gasteiger partial charge in [0.1, 0.15) is 0 Å². The van der Waals surface area contributed by atoms with Crippen molar-refractivity contribution >= 4 is 16.7 Å². The minimum Gasteiger partial charge on any atom is -0.339 e. The largest absolute Gasteiger partial charge is 0.339 e. The van der Waals surface area contributed by atoms with Gasteiger partial charge in [0.25, 0.3) is 0 Å². The molecule has 0 saturated carbocycles. The highest BCUT2D eigenvalue weighted by Crippen LogP contribution is 2.21. The molecule has 0 spiro atoms. The number of hydrogen-bond donors (Lipinski definition) is 1. The average molecular weight is 296 g/mol. The predicted molar refractivity (Wildman–Crippen MR) is 82.8 cm³/mol. The van der Waals surface area contributed by atoms with Crippen LogP contribution in [0.4, 0.5) is 0 Å². The minimum absolute atomic E-state index is 0.00470. The highest BCUT2D eigenvalue weighted by Gasteiger charge is 2.17. The molecule has 0 bridgehead atoms. The third kappa shape index (κ3) is 4.72. The average Bonchev–Trinajstić information content (AvgIpc) is 2.43. The summed E-state index contributed by atoms with van der Waals surface area (Å²) in [5.41, 5.74) is 6.71. The summed E-state index contributed by atoms with van der Waals surface area (Å²) in [7, 11) is 0.833. The van der Waals surface area contributed by atoms with E-state index in [1.807, 2.05) is 38.1 Å². The first-order chi connectivity index (χ1) is 9.32. The lowest BCUT2D eigenvalue weighted by molar-refractivity contribution is -0.132. The Balaban J connectivity index is 2.70. The van der Waals surface area contributed by atoms with Crippen LogP contribution in [0.1, 0.15) is 38.3 Å². The molecule has 1 amide bonds. The van der Waals surface area contributed by atoms with Crippen LogP contribution < -0.4 is 5.73 Å². The molecule has 1 rings (SSSR count). The first-order valence-corrected chi connectivity index (χ1v) is 8.33. The Morgan fingerprint density at radius 1 is 1.30 bits per heavy atom. The number of rotatable bonds is 6. The normalized spacial score (nSPS) is 15.4. The number of nitrogens with zero attached hydrogens (tertiary/aromatic N) is 1. The second-order valence-corrected chi connectivity index (χ2v) is 6.60. The molecule has 0 radical (unpaired) electrons. The van der Waals surface area contributed by atoms with Gasteiger partial charge in [0.2, 0.25) is 5.91 Å². The van der Waals surface area contributed by atoms with E-state index in [1.165, 1.54) is 0 Å². The smallest absolute Gasteiger partial charge is 0.222 e. The van der Waals surface area contributed by atoms with Gasteiger partial charge >= 0.3 is 0 Å². The highest BCUT2D eigenvalue weighted by atomic mass is 32.2. The maximum absolute atomic E-state index is 12.1. The molecule has 2 N–H and O–H groups in total. The molecule has 1 aromatic rings. The fraction of sp³-hybridized carbons (Fsp3) is 0.533. The third-order valence-corrected chi connectivity index (χ3v) is 4.42. The van der Waals surface area contributed by atoms with Crippen LogP contribution in [0.5, 0.6) is 0 Å². The van der Waals surface area contributed by atoms with Crippen LogP contribution in [0.25, 0.3) is 0 Å².